The second kappa shape index (κ2) is 11.7. The third-order valence-corrected chi connectivity index (χ3v) is 8.25. The Bertz CT molecular complexity index is 1560. The van der Waals surface area contributed by atoms with Gasteiger partial charge in [0.25, 0.3) is 5.91 Å². The van der Waals surface area contributed by atoms with Gasteiger partial charge in [-0.05, 0) is 72.5 Å². The summed E-state index contributed by atoms with van der Waals surface area (Å²) in [6.45, 7) is 0.287. The van der Waals surface area contributed by atoms with Gasteiger partial charge >= 0.3 is 0 Å². The molecule has 0 aliphatic heterocycles. The predicted octanol–water partition coefficient (Wildman–Crippen LogP) is 7.27. The Morgan fingerprint density at radius 1 is 1.07 bits per heavy atom. The topological polar surface area (TPSA) is 76.0 Å². The number of imidazole rings is 1. The minimum absolute atomic E-state index is 0.192. The summed E-state index contributed by atoms with van der Waals surface area (Å²) in [7, 11) is 1.91. The molecule has 1 fully saturated rings. The molecule has 1 heterocycles. The van der Waals surface area contributed by atoms with Crippen molar-refractivity contribution in [3.63, 3.8) is 0 Å². The van der Waals surface area contributed by atoms with Crippen LogP contribution in [0.25, 0.3) is 11.0 Å². The minimum Gasteiger partial charge on any atom is -0.352 e. The predicted molar refractivity (Wildman–Crippen MR) is 156 cm³/mol. The molecule has 2 N–H and O–H groups in total. The van der Waals surface area contributed by atoms with E-state index in [-0.39, 0.29) is 50.0 Å². The zero-order chi connectivity index (χ0) is 28.4. The largest absolute Gasteiger partial charge is 0.352 e. The average Bonchev–Trinajstić information content (AvgIpc) is 3.24. The number of anilines is 1. The summed E-state index contributed by atoms with van der Waals surface area (Å²) in [5.74, 6) is -2.69. The summed E-state index contributed by atoms with van der Waals surface area (Å²) in [4.78, 5) is 30.1. The van der Waals surface area contributed by atoms with E-state index in [2.05, 4.69) is 26.6 Å². The van der Waals surface area contributed by atoms with Crippen molar-refractivity contribution in [1.29, 1.82) is 0 Å². The van der Waals surface area contributed by atoms with Crippen molar-refractivity contribution >= 4 is 56.1 Å². The van der Waals surface area contributed by atoms with Crippen molar-refractivity contribution in [2.24, 2.45) is 13.0 Å². The van der Waals surface area contributed by atoms with E-state index in [0.717, 1.165) is 26.9 Å². The van der Waals surface area contributed by atoms with Gasteiger partial charge < -0.3 is 15.2 Å². The van der Waals surface area contributed by atoms with Gasteiger partial charge in [0.15, 0.2) is 0 Å². The van der Waals surface area contributed by atoms with Crippen LogP contribution in [-0.4, -0.2) is 27.3 Å². The monoisotopic (exact) mass is 628 g/mol. The van der Waals surface area contributed by atoms with E-state index < -0.39 is 5.92 Å². The smallest absolute Gasteiger partial charge is 0.255 e. The van der Waals surface area contributed by atoms with Gasteiger partial charge in [-0.3, -0.25) is 9.59 Å². The summed E-state index contributed by atoms with van der Waals surface area (Å²) in [6, 6.07) is 18.3. The quantitative estimate of drug-likeness (QED) is 0.226. The summed E-state index contributed by atoms with van der Waals surface area (Å²) < 4.78 is 29.7. The van der Waals surface area contributed by atoms with Crippen LogP contribution in [-0.2, 0) is 24.8 Å². The van der Waals surface area contributed by atoms with E-state index in [1.807, 2.05) is 54.1 Å². The first-order valence-corrected chi connectivity index (χ1v) is 14.2. The van der Waals surface area contributed by atoms with Gasteiger partial charge in [0, 0.05) is 59.5 Å². The number of carbonyl (C=O) groups excluding carboxylic acids is 2. The van der Waals surface area contributed by atoms with Crippen molar-refractivity contribution in [2.45, 2.75) is 44.6 Å². The SMILES string of the molecule is Cn1c(Cc2cc(CNC(=O)C3CCC(F)(F)CC3)ccc2Cl)nc2cc(C(=O)Nc3ccc(Br)cc3)ccc21. The number of hydrogen-bond donors (Lipinski definition) is 2. The molecule has 208 valence electrons. The molecule has 0 spiro atoms. The number of fused-ring (bicyclic) bond motifs is 1. The molecule has 0 bridgehead atoms. The van der Waals surface area contributed by atoms with Crippen molar-refractivity contribution in [1.82, 2.24) is 14.9 Å². The van der Waals surface area contributed by atoms with E-state index in [1.54, 1.807) is 18.2 Å². The Kier molecular flexibility index (Phi) is 8.24. The van der Waals surface area contributed by atoms with Crippen LogP contribution in [0.1, 0.15) is 53.0 Å². The number of rotatable bonds is 7. The standard InChI is InChI=1S/C30H28BrClF2N4O2/c1-38-26-9-3-20(29(40)36-23-6-4-22(31)5-7-23)15-25(26)37-27(38)16-21-14-18(2-8-24(21)32)17-35-28(39)19-10-12-30(33,34)13-11-19/h2-9,14-15,19H,10-13,16-17H2,1H3,(H,35,39)(H,36,40). The lowest BCUT2D eigenvalue weighted by atomic mass is 9.86. The lowest BCUT2D eigenvalue weighted by Gasteiger charge is -2.27. The Balaban J connectivity index is 1.27. The Morgan fingerprint density at radius 2 is 1.80 bits per heavy atom. The number of benzene rings is 3. The number of nitrogens with one attached hydrogen (secondary N) is 2. The second-order valence-electron chi connectivity index (χ2n) is 10.2. The molecule has 0 radical (unpaired) electrons. The van der Waals surface area contributed by atoms with Gasteiger partial charge in [-0.15, -0.1) is 0 Å². The number of alkyl halides is 2. The lowest BCUT2D eigenvalue weighted by molar-refractivity contribution is -0.129. The van der Waals surface area contributed by atoms with Gasteiger partial charge in [-0.25, -0.2) is 13.8 Å². The molecule has 0 atom stereocenters. The van der Waals surface area contributed by atoms with Crippen LogP contribution in [0, 0.1) is 5.92 Å². The van der Waals surface area contributed by atoms with Crippen molar-refractivity contribution in [3.05, 3.63) is 92.7 Å². The van der Waals surface area contributed by atoms with Crippen LogP contribution < -0.4 is 10.6 Å². The van der Waals surface area contributed by atoms with Crippen LogP contribution in [0.15, 0.2) is 65.1 Å². The molecule has 6 nitrogen and oxygen atoms in total. The average molecular weight is 630 g/mol. The number of halogens is 4. The molecule has 0 unspecified atom stereocenters. The first-order chi connectivity index (χ1) is 19.1. The Morgan fingerprint density at radius 3 is 2.52 bits per heavy atom. The summed E-state index contributed by atoms with van der Waals surface area (Å²) in [5, 5.41) is 6.36. The normalized spacial score (nSPS) is 15.2. The van der Waals surface area contributed by atoms with E-state index in [0.29, 0.717) is 28.2 Å². The highest BCUT2D eigenvalue weighted by Gasteiger charge is 2.37. The molecule has 0 saturated heterocycles. The van der Waals surface area contributed by atoms with Gasteiger partial charge in [0.1, 0.15) is 5.82 Å². The van der Waals surface area contributed by atoms with Crippen LogP contribution in [0.2, 0.25) is 5.02 Å². The van der Waals surface area contributed by atoms with Gasteiger partial charge in [-0.1, -0.05) is 39.7 Å². The van der Waals surface area contributed by atoms with E-state index in [4.69, 9.17) is 16.6 Å². The molecule has 1 aliphatic rings. The van der Waals surface area contributed by atoms with Crippen LogP contribution >= 0.6 is 27.5 Å². The van der Waals surface area contributed by atoms with Gasteiger partial charge in [0.2, 0.25) is 11.8 Å². The number of amides is 2. The lowest BCUT2D eigenvalue weighted by Crippen LogP contribution is -2.35. The Hall–Kier alpha value is -3.30. The highest BCUT2D eigenvalue weighted by atomic mass is 79.9. The number of aryl methyl sites for hydroxylation is 1. The fraction of sp³-hybridized carbons (Fsp3) is 0.300. The summed E-state index contributed by atoms with van der Waals surface area (Å²) in [5.41, 5.74) is 4.47. The third-order valence-electron chi connectivity index (χ3n) is 7.35. The maximum absolute atomic E-state index is 13.4. The molecule has 10 heteroatoms. The van der Waals surface area contributed by atoms with E-state index >= 15 is 0 Å². The van der Waals surface area contributed by atoms with Crippen LogP contribution in [0.4, 0.5) is 14.5 Å². The third kappa shape index (κ3) is 6.53. The fourth-order valence-electron chi connectivity index (χ4n) is 4.97. The van der Waals surface area contributed by atoms with Crippen molar-refractivity contribution in [3.8, 4) is 0 Å². The fourth-order valence-corrected chi connectivity index (χ4v) is 5.41. The van der Waals surface area contributed by atoms with E-state index in [1.165, 1.54) is 0 Å². The first-order valence-electron chi connectivity index (χ1n) is 13.0. The van der Waals surface area contributed by atoms with Crippen molar-refractivity contribution in [2.75, 3.05) is 5.32 Å². The molecule has 40 heavy (non-hydrogen) atoms. The number of nitrogens with zero attached hydrogens (tertiary/aromatic N) is 2. The number of aromatic nitrogens is 2. The molecule has 5 rings (SSSR count). The molecule has 1 aliphatic carbocycles. The molecular formula is C30H28BrClF2N4O2. The number of hydrogen-bond acceptors (Lipinski definition) is 3. The zero-order valence-electron chi connectivity index (χ0n) is 21.8. The zero-order valence-corrected chi connectivity index (χ0v) is 24.2. The van der Waals surface area contributed by atoms with Crippen molar-refractivity contribution < 1.29 is 18.4 Å². The number of carbonyl (C=O) groups is 2. The second-order valence-corrected chi connectivity index (χ2v) is 11.5. The molecular weight excluding hydrogens is 602 g/mol. The molecule has 2 amide bonds. The molecule has 1 aromatic heterocycles. The molecule has 4 aromatic rings. The highest BCUT2D eigenvalue weighted by Crippen LogP contribution is 2.36. The molecule has 3 aromatic carbocycles. The summed E-state index contributed by atoms with van der Waals surface area (Å²) >= 11 is 9.90. The van der Waals surface area contributed by atoms with Gasteiger partial charge in [-0.2, -0.15) is 0 Å². The summed E-state index contributed by atoms with van der Waals surface area (Å²) in [6.07, 6.45) is 0.358. The highest BCUT2D eigenvalue weighted by molar-refractivity contribution is 9.10. The van der Waals surface area contributed by atoms with Crippen LogP contribution in [0.3, 0.4) is 0 Å². The first kappa shape index (κ1) is 28.2. The van der Waals surface area contributed by atoms with Gasteiger partial charge in [0.05, 0.1) is 11.0 Å². The van der Waals surface area contributed by atoms with E-state index in [9.17, 15) is 18.4 Å². The molecule has 1 saturated carbocycles. The van der Waals surface area contributed by atoms with Crippen LogP contribution in [0.5, 0.6) is 0 Å². The Labute approximate surface area is 244 Å². The maximum atomic E-state index is 13.4. The minimum atomic E-state index is -2.66. The maximum Gasteiger partial charge on any atom is 0.255 e.